The smallest absolute Gasteiger partial charge is 0.235 e. The van der Waals surface area contributed by atoms with E-state index in [1.54, 1.807) is 0 Å². The Morgan fingerprint density at radius 2 is 2.12 bits per heavy atom. The Balaban J connectivity index is 1.90. The maximum atomic E-state index is 10.9. The molecule has 1 fully saturated rings. The number of primary amides is 1. The lowest BCUT2D eigenvalue weighted by atomic mass is 9.99. The summed E-state index contributed by atoms with van der Waals surface area (Å²) in [5.74, 6) is 0.129. The zero-order valence-corrected chi connectivity index (χ0v) is 9.88. The van der Waals surface area contributed by atoms with E-state index in [0.29, 0.717) is 12.5 Å². The first kappa shape index (κ1) is 12.1. The van der Waals surface area contributed by atoms with Crippen molar-refractivity contribution in [1.29, 1.82) is 0 Å². The summed E-state index contributed by atoms with van der Waals surface area (Å²) in [7, 11) is 0. The van der Waals surface area contributed by atoms with E-state index >= 15 is 0 Å². The quantitative estimate of drug-likeness (QED) is 0.785. The van der Waals surface area contributed by atoms with Gasteiger partial charge in [0.05, 0.1) is 6.04 Å². The fraction of sp³-hybridized carbons (Fsp3) is 0.462. The molecule has 0 radical (unpaired) electrons. The Hall–Kier alpha value is -1.39. The molecule has 0 spiro atoms. The van der Waals surface area contributed by atoms with Crippen molar-refractivity contribution >= 4 is 5.91 Å². The number of benzene rings is 1. The van der Waals surface area contributed by atoms with Gasteiger partial charge in [0, 0.05) is 13.1 Å². The van der Waals surface area contributed by atoms with E-state index in [9.17, 15) is 4.79 Å². The van der Waals surface area contributed by atoms with Crippen LogP contribution in [0.1, 0.15) is 17.9 Å². The highest BCUT2D eigenvalue weighted by Crippen LogP contribution is 2.26. The molecule has 0 saturated carbocycles. The number of rotatable bonds is 4. The molecule has 1 aromatic carbocycles. The molecule has 4 nitrogen and oxygen atoms in total. The summed E-state index contributed by atoms with van der Waals surface area (Å²) in [6, 6.07) is 9.91. The van der Waals surface area contributed by atoms with Gasteiger partial charge in [-0.3, -0.25) is 4.79 Å². The summed E-state index contributed by atoms with van der Waals surface area (Å²) in [5, 5.41) is 0. The monoisotopic (exact) mass is 233 g/mol. The van der Waals surface area contributed by atoms with E-state index in [0.717, 1.165) is 19.5 Å². The number of amides is 1. The van der Waals surface area contributed by atoms with E-state index in [1.807, 2.05) is 6.07 Å². The van der Waals surface area contributed by atoms with Crippen molar-refractivity contribution in [3.63, 3.8) is 0 Å². The van der Waals surface area contributed by atoms with Crippen LogP contribution in [-0.2, 0) is 4.79 Å². The first-order valence-electron chi connectivity index (χ1n) is 5.99. The normalized spacial score (nSPS) is 22.5. The van der Waals surface area contributed by atoms with Gasteiger partial charge < -0.3 is 16.4 Å². The van der Waals surface area contributed by atoms with Crippen LogP contribution >= 0.6 is 0 Å². The van der Waals surface area contributed by atoms with Crippen molar-refractivity contribution in [3.05, 3.63) is 35.9 Å². The second-order valence-electron chi connectivity index (χ2n) is 4.66. The van der Waals surface area contributed by atoms with Gasteiger partial charge in [0.2, 0.25) is 5.91 Å². The summed E-state index contributed by atoms with van der Waals surface area (Å²) >= 11 is 0. The zero-order valence-electron chi connectivity index (χ0n) is 9.88. The lowest BCUT2D eigenvalue weighted by Gasteiger charge is -2.18. The molecule has 2 rings (SSSR count). The predicted octanol–water partition coefficient (Wildman–Crippen LogP) is 0.289. The van der Waals surface area contributed by atoms with Crippen LogP contribution in [0.2, 0.25) is 0 Å². The molecule has 4 N–H and O–H groups in total. The SMILES string of the molecule is NC(=O)C(N)CN1CCC(c2ccccc2)C1. The van der Waals surface area contributed by atoms with Gasteiger partial charge in [-0.2, -0.15) is 0 Å². The molecule has 1 aliphatic rings. The Bertz CT molecular complexity index is 380. The molecular formula is C13H19N3O. The summed E-state index contributed by atoms with van der Waals surface area (Å²) < 4.78 is 0. The van der Waals surface area contributed by atoms with E-state index < -0.39 is 11.9 Å². The molecule has 2 atom stereocenters. The van der Waals surface area contributed by atoms with E-state index in [1.165, 1.54) is 5.56 Å². The molecule has 1 saturated heterocycles. The van der Waals surface area contributed by atoms with Gasteiger partial charge in [-0.25, -0.2) is 0 Å². The summed E-state index contributed by atoms with van der Waals surface area (Å²) in [4.78, 5) is 13.1. The van der Waals surface area contributed by atoms with Crippen LogP contribution in [0.4, 0.5) is 0 Å². The second kappa shape index (κ2) is 5.29. The van der Waals surface area contributed by atoms with Crippen molar-refractivity contribution < 1.29 is 4.79 Å². The number of carbonyl (C=O) groups excluding carboxylic acids is 1. The van der Waals surface area contributed by atoms with Crippen molar-refractivity contribution in [2.45, 2.75) is 18.4 Å². The van der Waals surface area contributed by atoms with Crippen molar-refractivity contribution in [2.24, 2.45) is 11.5 Å². The van der Waals surface area contributed by atoms with Crippen LogP contribution in [0.25, 0.3) is 0 Å². The maximum absolute atomic E-state index is 10.9. The third kappa shape index (κ3) is 3.05. The molecule has 1 aromatic rings. The molecule has 1 aliphatic heterocycles. The van der Waals surface area contributed by atoms with Gasteiger partial charge in [-0.15, -0.1) is 0 Å². The van der Waals surface area contributed by atoms with Crippen LogP contribution in [0, 0.1) is 0 Å². The molecule has 2 unspecified atom stereocenters. The lowest BCUT2D eigenvalue weighted by Crippen LogP contribution is -2.45. The average Bonchev–Trinajstić information content (AvgIpc) is 2.78. The molecule has 4 heteroatoms. The number of carbonyl (C=O) groups is 1. The molecule has 1 amide bonds. The first-order chi connectivity index (χ1) is 8.16. The highest BCUT2D eigenvalue weighted by Gasteiger charge is 2.25. The third-order valence-corrected chi connectivity index (χ3v) is 3.36. The molecule has 1 heterocycles. The molecule has 17 heavy (non-hydrogen) atoms. The third-order valence-electron chi connectivity index (χ3n) is 3.36. The van der Waals surface area contributed by atoms with Crippen LogP contribution in [-0.4, -0.2) is 36.5 Å². The number of nitrogens with two attached hydrogens (primary N) is 2. The second-order valence-corrected chi connectivity index (χ2v) is 4.66. The predicted molar refractivity (Wildman–Crippen MR) is 67.4 cm³/mol. The van der Waals surface area contributed by atoms with E-state index in [2.05, 4.69) is 29.2 Å². The summed E-state index contributed by atoms with van der Waals surface area (Å²) in [6.07, 6.45) is 1.12. The van der Waals surface area contributed by atoms with Gasteiger partial charge in [0.25, 0.3) is 0 Å². The van der Waals surface area contributed by atoms with Crippen molar-refractivity contribution in [3.8, 4) is 0 Å². The number of hydrogen-bond donors (Lipinski definition) is 2. The van der Waals surface area contributed by atoms with Gasteiger partial charge >= 0.3 is 0 Å². The highest BCUT2D eigenvalue weighted by atomic mass is 16.1. The largest absolute Gasteiger partial charge is 0.368 e. The highest BCUT2D eigenvalue weighted by molar-refractivity contribution is 5.79. The lowest BCUT2D eigenvalue weighted by molar-refractivity contribution is -0.119. The average molecular weight is 233 g/mol. The molecule has 92 valence electrons. The maximum Gasteiger partial charge on any atom is 0.235 e. The fourth-order valence-electron chi connectivity index (χ4n) is 2.36. The number of hydrogen-bond acceptors (Lipinski definition) is 3. The van der Waals surface area contributed by atoms with Crippen LogP contribution < -0.4 is 11.5 Å². The minimum Gasteiger partial charge on any atom is -0.368 e. The van der Waals surface area contributed by atoms with E-state index in [-0.39, 0.29) is 0 Å². The summed E-state index contributed by atoms with van der Waals surface area (Å²) in [5.41, 5.74) is 12.2. The first-order valence-corrected chi connectivity index (χ1v) is 5.99. The fourth-order valence-corrected chi connectivity index (χ4v) is 2.36. The van der Waals surface area contributed by atoms with Crippen LogP contribution in [0.3, 0.4) is 0 Å². The Labute approximate surface area is 102 Å². The Morgan fingerprint density at radius 1 is 1.41 bits per heavy atom. The molecular weight excluding hydrogens is 214 g/mol. The standard InChI is InChI=1S/C13H19N3O/c14-12(13(15)17)9-16-7-6-11(8-16)10-4-2-1-3-5-10/h1-5,11-12H,6-9,14H2,(H2,15,17). The van der Waals surface area contributed by atoms with E-state index in [4.69, 9.17) is 11.5 Å². The number of nitrogens with zero attached hydrogens (tertiary/aromatic N) is 1. The van der Waals surface area contributed by atoms with Gasteiger partial charge in [0.1, 0.15) is 0 Å². The van der Waals surface area contributed by atoms with Gasteiger partial charge in [0.15, 0.2) is 0 Å². The molecule has 0 aromatic heterocycles. The topological polar surface area (TPSA) is 72.3 Å². The van der Waals surface area contributed by atoms with Gasteiger partial charge in [-0.05, 0) is 24.4 Å². The minimum absolute atomic E-state index is 0.423. The molecule has 0 bridgehead atoms. The summed E-state index contributed by atoms with van der Waals surface area (Å²) in [6.45, 7) is 2.52. The zero-order chi connectivity index (χ0) is 12.3. The Kier molecular flexibility index (Phi) is 3.76. The van der Waals surface area contributed by atoms with Gasteiger partial charge in [-0.1, -0.05) is 30.3 Å². The van der Waals surface area contributed by atoms with Crippen molar-refractivity contribution in [1.82, 2.24) is 4.90 Å². The van der Waals surface area contributed by atoms with Crippen LogP contribution in [0.15, 0.2) is 30.3 Å². The minimum atomic E-state index is -0.551. The van der Waals surface area contributed by atoms with Crippen molar-refractivity contribution in [2.75, 3.05) is 19.6 Å². The number of likely N-dealkylation sites (tertiary alicyclic amines) is 1. The van der Waals surface area contributed by atoms with Crippen LogP contribution in [0.5, 0.6) is 0 Å². The Morgan fingerprint density at radius 3 is 2.76 bits per heavy atom. The molecule has 0 aliphatic carbocycles.